The minimum atomic E-state index is -0.0896. The van der Waals surface area contributed by atoms with Crippen LogP contribution in [-0.4, -0.2) is 20.1 Å². The number of benzene rings is 2. The van der Waals surface area contributed by atoms with Crippen LogP contribution in [0.4, 0.5) is 5.69 Å². The second-order valence-corrected chi connectivity index (χ2v) is 5.63. The number of aryl methyl sites for hydroxylation is 2. The van der Waals surface area contributed by atoms with E-state index in [4.69, 9.17) is 21.1 Å². The largest absolute Gasteiger partial charge is 0.495 e. The predicted octanol–water partition coefficient (Wildman–Crippen LogP) is 4.24. The Hall–Kier alpha value is -2.20. The maximum Gasteiger partial charge on any atom is 0.224 e. The molecule has 0 saturated heterocycles. The van der Waals surface area contributed by atoms with Gasteiger partial charge in [0.05, 0.1) is 24.9 Å². The Balaban J connectivity index is 2.03. The molecule has 0 heterocycles. The van der Waals surface area contributed by atoms with E-state index in [1.165, 1.54) is 19.8 Å². The molecule has 0 aliphatic rings. The molecule has 0 bridgehead atoms. The lowest BCUT2D eigenvalue weighted by molar-refractivity contribution is -0.116. The van der Waals surface area contributed by atoms with Crippen LogP contribution in [0.1, 0.15) is 17.5 Å². The molecule has 0 aliphatic carbocycles. The lowest BCUT2D eigenvalue weighted by atomic mass is 10.1. The van der Waals surface area contributed by atoms with Gasteiger partial charge in [-0.05, 0) is 18.9 Å². The van der Waals surface area contributed by atoms with Gasteiger partial charge in [0.2, 0.25) is 5.91 Å². The van der Waals surface area contributed by atoms with Gasteiger partial charge < -0.3 is 14.8 Å². The quantitative estimate of drug-likeness (QED) is 0.860. The lowest BCUT2D eigenvalue weighted by Crippen LogP contribution is -2.13. The third-order valence-corrected chi connectivity index (χ3v) is 3.80. The average molecular weight is 334 g/mol. The van der Waals surface area contributed by atoms with Crippen LogP contribution in [-0.2, 0) is 11.2 Å². The van der Waals surface area contributed by atoms with Crippen molar-refractivity contribution in [3.8, 4) is 11.5 Å². The number of nitrogens with one attached hydrogen (secondary N) is 1. The Morgan fingerprint density at radius 2 is 1.74 bits per heavy atom. The molecule has 2 aromatic carbocycles. The molecule has 0 unspecified atom stereocenters. The van der Waals surface area contributed by atoms with E-state index in [1.807, 2.05) is 31.2 Å². The van der Waals surface area contributed by atoms with Gasteiger partial charge in [0.15, 0.2) is 0 Å². The molecular formula is C18H20ClNO3. The lowest BCUT2D eigenvalue weighted by Gasteiger charge is -2.13. The Kier molecular flexibility index (Phi) is 5.88. The number of hydrogen-bond acceptors (Lipinski definition) is 3. The topological polar surface area (TPSA) is 47.6 Å². The molecule has 2 aromatic rings. The average Bonchev–Trinajstić information content (AvgIpc) is 2.55. The van der Waals surface area contributed by atoms with Crippen molar-refractivity contribution in [2.24, 2.45) is 0 Å². The summed E-state index contributed by atoms with van der Waals surface area (Å²) in [5, 5.41) is 3.27. The van der Waals surface area contributed by atoms with Gasteiger partial charge in [0, 0.05) is 18.6 Å². The maximum atomic E-state index is 12.2. The van der Waals surface area contributed by atoms with Crippen molar-refractivity contribution in [1.82, 2.24) is 0 Å². The Morgan fingerprint density at radius 1 is 1.09 bits per heavy atom. The number of carbonyl (C=O) groups is 1. The van der Waals surface area contributed by atoms with E-state index in [9.17, 15) is 4.79 Å². The molecule has 0 atom stereocenters. The zero-order chi connectivity index (χ0) is 16.8. The monoisotopic (exact) mass is 333 g/mol. The minimum Gasteiger partial charge on any atom is -0.495 e. The normalized spacial score (nSPS) is 10.3. The Morgan fingerprint density at radius 3 is 2.35 bits per heavy atom. The fourth-order valence-corrected chi connectivity index (χ4v) is 2.41. The number of rotatable bonds is 6. The van der Waals surface area contributed by atoms with Gasteiger partial charge in [-0.2, -0.15) is 0 Å². The number of halogens is 1. The molecule has 0 aromatic heterocycles. The first-order chi connectivity index (χ1) is 11.0. The molecule has 4 nitrogen and oxygen atoms in total. The van der Waals surface area contributed by atoms with E-state index in [0.717, 1.165) is 5.56 Å². The number of amides is 1. The molecule has 1 amide bonds. The predicted molar refractivity (Wildman–Crippen MR) is 92.7 cm³/mol. The first kappa shape index (κ1) is 17.2. The maximum absolute atomic E-state index is 12.2. The summed E-state index contributed by atoms with van der Waals surface area (Å²) >= 11 is 6.05. The summed E-state index contributed by atoms with van der Waals surface area (Å²) in [6.07, 6.45) is 1.07. The van der Waals surface area contributed by atoms with Gasteiger partial charge >= 0.3 is 0 Å². The van der Waals surface area contributed by atoms with Crippen LogP contribution in [0.2, 0.25) is 5.02 Å². The summed E-state index contributed by atoms with van der Waals surface area (Å²) < 4.78 is 10.4. The fraction of sp³-hybridized carbons (Fsp3) is 0.278. The summed E-state index contributed by atoms with van der Waals surface area (Å²) in [5.41, 5.74) is 2.88. The van der Waals surface area contributed by atoms with Gasteiger partial charge in [-0.15, -0.1) is 0 Å². The second kappa shape index (κ2) is 7.88. The Bertz CT molecular complexity index is 683. The fourth-order valence-electron chi connectivity index (χ4n) is 2.18. The number of ether oxygens (including phenoxy) is 2. The van der Waals surface area contributed by atoms with Crippen LogP contribution >= 0.6 is 11.6 Å². The van der Waals surface area contributed by atoms with Crippen molar-refractivity contribution in [2.45, 2.75) is 19.8 Å². The van der Waals surface area contributed by atoms with Gasteiger partial charge in [-0.25, -0.2) is 0 Å². The summed E-state index contributed by atoms with van der Waals surface area (Å²) in [6.45, 7) is 2.04. The highest BCUT2D eigenvalue weighted by atomic mass is 35.5. The van der Waals surface area contributed by atoms with Crippen molar-refractivity contribution < 1.29 is 14.3 Å². The number of carbonyl (C=O) groups excluding carboxylic acids is 1. The number of hydrogen-bond donors (Lipinski definition) is 1. The first-order valence-electron chi connectivity index (χ1n) is 7.30. The summed E-state index contributed by atoms with van der Waals surface area (Å²) in [7, 11) is 3.05. The SMILES string of the molecule is COc1cc(NC(=O)CCc2ccc(C)cc2)c(OC)cc1Cl. The zero-order valence-electron chi connectivity index (χ0n) is 13.5. The molecule has 0 spiro atoms. The highest BCUT2D eigenvalue weighted by Crippen LogP contribution is 2.35. The molecule has 0 saturated carbocycles. The standard InChI is InChI=1S/C18H20ClNO3/c1-12-4-6-13(7-5-12)8-9-18(21)20-15-11-16(22-2)14(19)10-17(15)23-3/h4-7,10-11H,8-9H2,1-3H3,(H,20,21). The number of methoxy groups -OCH3 is 2. The van der Waals surface area contributed by atoms with E-state index >= 15 is 0 Å². The second-order valence-electron chi connectivity index (χ2n) is 5.22. The van der Waals surface area contributed by atoms with Crippen molar-refractivity contribution in [1.29, 1.82) is 0 Å². The van der Waals surface area contributed by atoms with Crippen LogP contribution in [0.3, 0.4) is 0 Å². The molecule has 23 heavy (non-hydrogen) atoms. The first-order valence-corrected chi connectivity index (χ1v) is 7.68. The van der Waals surface area contributed by atoms with Gasteiger partial charge in [-0.3, -0.25) is 4.79 Å². The van der Waals surface area contributed by atoms with E-state index < -0.39 is 0 Å². The van der Waals surface area contributed by atoms with Crippen LogP contribution in [0.15, 0.2) is 36.4 Å². The van der Waals surface area contributed by atoms with Crippen LogP contribution in [0, 0.1) is 6.92 Å². The van der Waals surface area contributed by atoms with Crippen LogP contribution < -0.4 is 14.8 Å². The molecule has 122 valence electrons. The van der Waals surface area contributed by atoms with Crippen LogP contribution in [0.5, 0.6) is 11.5 Å². The van der Waals surface area contributed by atoms with E-state index in [1.54, 1.807) is 12.1 Å². The highest BCUT2D eigenvalue weighted by Gasteiger charge is 2.12. The smallest absolute Gasteiger partial charge is 0.224 e. The molecule has 1 N–H and O–H groups in total. The Labute approximate surface area is 141 Å². The van der Waals surface area contributed by atoms with Gasteiger partial charge in [-0.1, -0.05) is 41.4 Å². The summed E-state index contributed by atoms with van der Waals surface area (Å²) in [6, 6.07) is 11.4. The summed E-state index contributed by atoms with van der Waals surface area (Å²) in [4.78, 5) is 12.2. The molecule has 0 aliphatic heterocycles. The highest BCUT2D eigenvalue weighted by molar-refractivity contribution is 6.32. The van der Waals surface area contributed by atoms with Crippen molar-refractivity contribution in [3.63, 3.8) is 0 Å². The zero-order valence-corrected chi connectivity index (χ0v) is 14.2. The third-order valence-electron chi connectivity index (χ3n) is 3.51. The van der Waals surface area contributed by atoms with Crippen molar-refractivity contribution in [2.75, 3.05) is 19.5 Å². The van der Waals surface area contributed by atoms with E-state index in [2.05, 4.69) is 5.32 Å². The minimum absolute atomic E-state index is 0.0896. The molecule has 0 fully saturated rings. The van der Waals surface area contributed by atoms with Crippen molar-refractivity contribution >= 4 is 23.2 Å². The molecule has 5 heteroatoms. The molecular weight excluding hydrogens is 314 g/mol. The molecule has 2 rings (SSSR count). The van der Waals surface area contributed by atoms with Crippen LogP contribution in [0.25, 0.3) is 0 Å². The van der Waals surface area contributed by atoms with Gasteiger partial charge in [0.1, 0.15) is 11.5 Å². The van der Waals surface area contributed by atoms with Crippen molar-refractivity contribution in [3.05, 3.63) is 52.5 Å². The number of anilines is 1. The van der Waals surface area contributed by atoms with Gasteiger partial charge in [0.25, 0.3) is 0 Å². The molecule has 0 radical (unpaired) electrons. The summed E-state index contributed by atoms with van der Waals surface area (Å²) in [5.74, 6) is 0.897. The van der Waals surface area contributed by atoms with E-state index in [-0.39, 0.29) is 5.91 Å². The van der Waals surface area contributed by atoms with E-state index in [0.29, 0.717) is 35.1 Å². The third kappa shape index (κ3) is 4.63.